The van der Waals surface area contributed by atoms with E-state index in [-0.39, 0.29) is 5.91 Å². The fraction of sp³-hybridized carbons (Fsp3) is 0.524. The Kier molecular flexibility index (Phi) is 5.77. The normalized spacial score (nSPS) is 14.5. The Bertz CT molecular complexity index is 778. The van der Waals surface area contributed by atoms with Gasteiger partial charge in [-0.1, -0.05) is 32.9 Å². The van der Waals surface area contributed by atoms with Gasteiger partial charge in [0.25, 0.3) is 0 Å². The molecule has 1 aliphatic rings. The molecule has 0 aliphatic carbocycles. The fourth-order valence-corrected chi connectivity index (χ4v) is 3.68. The van der Waals surface area contributed by atoms with Gasteiger partial charge >= 0.3 is 0 Å². The van der Waals surface area contributed by atoms with Gasteiger partial charge in [0.15, 0.2) is 0 Å². The van der Waals surface area contributed by atoms with Crippen molar-refractivity contribution in [3.05, 3.63) is 47.0 Å². The molecule has 0 spiro atoms. The summed E-state index contributed by atoms with van der Waals surface area (Å²) < 4.78 is 2.31. The lowest BCUT2D eigenvalue weighted by Crippen LogP contribution is -2.37. The summed E-state index contributed by atoms with van der Waals surface area (Å²) in [5, 5.41) is 3.05. The van der Waals surface area contributed by atoms with E-state index in [4.69, 9.17) is 4.98 Å². The van der Waals surface area contributed by atoms with Crippen molar-refractivity contribution in [1.29, 1.82) is 0 Å². The van der Waals surface area contributed by atoms with Crippen LogP contribution in [-0.4, -0.2) is 33.4 Å². The molecular formula is C21H30N4O. The number of aromatic nitrogens is 2. The van der Waals surface area contributed by atoms with Crippen molar-refractivity contribution in [3.63, 3.8) is 0 Å². The Hall–Kier alpha value is -2.14. The zero-order valence-electron chi connectivity index (χ0n) is 16.4. The predicted molar refractivity (Wildman–Crippen MR) is 105 cm³/mol. The quantitative estimate of drug-likeness (QED) is 0.862. The molecule has 0 fully saturated rings. The predicted octanol–water partition coefficient (Wildman–Crippen LogP) is 3.59. The number of carbonyl (C=O) groups excluding carboxylic acids is 1. The van der Waals surface area contributed by atoms with Crippen LogP contribution in [0.15, 0.2) is 24.3 Å². The third-order valence-electron chi connectivity index (χ3n) is 5.11. The molecule has 26 heavy (non-hydrogen) atoms. The molecule has 2 aromatic rings. The number of fused-ring (bicyclic) bond motifs is 1. The van der Waals surface area contributed by atoms with Crippen LogP contribution in [0.3, 0.4) is 0 Å². The monoisotopic (exact) mass is 354 g/mol. The maximum Gasteiger partial charge on any atom is 0.238 e. The lowest BCUT2D eigenvalue weighted by Gasteiger charge is -2.26. The number of imidazole rings is 1. The number of hydrogen-bond acceptors (Lipinski definition) is 3. The summed E-state index contributed by atoms with van der Waals surface area (Å²) in [7, 11) is 0. The van der Waals surface area contributed by atoms with Gasteiger partial charge in [-0.3, -0.25) is 9.69 Å². The summed E-state index contributed by atoms with van der Waals surface area (Å²) in [5.74, 6) is 1.66. The van der Waals surface area contributed by atoms with Gasteiger partial charge in [-0.2, -0.15) is 0 Å². The Labute approximate surface area is 156 Å². The van der Waals surface area contributed by atoms with Gasteiger partial charge in [0.2, 0.25) is 5.91 Å². The maximum absolute atomic E-state index is 12.5. The number of rotatable bonds is 6. The number of amides is 1. The molecule has 140 valence electrons. The smallest absolute Gasteiger partial charge is 0.238 e. The van der Waals surface area contributed by atoms with Crippen molar-refractivity contribution in [1.82, 2.24) is 14.5 Å². The second kappa shape index (κ2) is 8.04. The van der Waals surface area contributed by atoms with Crippen LogP contribution in [0.1, 0.15) is 56.4 Å². The summed E-state index contributed by atoms with van der Waals surface area (Å²) in [6.45, 7) is 11.7. The Balaban J connectivity index is 1.64. The summed E-state index contributed by atoms with van der Waals surface area (Å²) in [5.41, 5.74) is 4.62. The zero-order valence-corrected chi connectivity index (χ0v) is 16.4. The number of hydrogen-bond donors (Lipinski definition) is 1. The van der Waals surface area contributed by atoms with Crippen LogP contribution in [0.2, 0.25) is 0 Å². The van der Waals surface area contributed by atoms with Crippen LogP contribution >= 0.6 is 0 Å². The Morgan fingerprint density at radius 1 is 1.31 bits per heavy atom. The number of carbonyl (C=O) groups is 1. The van der Waals surface area contributed by atoms with Crippen molar-refractivity contribution in [2.45, 2.75) is 59.5 Å². The number of nitrogens with zero attached hydrogens (tertiary/aromatic N) is 3. The molecule has 1 aliphatic heterocycles. The molecule has 1 N–H and O–H groups in total. The van der Waals surface area contributed by atoms with Crippen molar-refractivity contribution in [2.75, 3.05) is 18.4 Å². The highest BCUT2D eigenvalue weighted by Crippen LogP contribution is 2.21. The van der Waals surface area contributed by atoms with E-state index >= 15 is 0 Å². The minimum Gasteiger partial charge on any atom is -0.331 e. The zero-order chi connectivity index (χ0) is 18.7. The molecule has 3 rings (SSSR count). The van der Waals surface area contributed by atoms with Crippen LogP contribution in [-0.2, 0) is 30.7 Å². The first-order valence-electron chi connectivity index (χ1n) is 9.71. The van der Waals surface area contributed by atoms with E-state index in [9.17, 15) is 4.79 Å². The van der Waals surface area contributed by atoms with Gasteiger partial charge in [-0.05, 0) is 30.5 Å². The summed E-state index contributed by atoms with van der Waals surface area (Å²) in [4.78, 5) is 19.5. The highest BCUT2D eigenvalue weighted by molar-refractivity contribution is 5.92. The van der Waals surface area contributed by atoms with Gasteiger partial charge in [-0.15, -0.1) is 0 Å². The summed E-state index contributed by atoms with van der Waals surface area (Å²) in [6, 6.07) is 8.13. The molecule has 0 atom stereocenters. The summed E-state index contributed by atoms with van der Waals surface area (Å²) in [6.07, 6.45) is 1.87. The van der Waals surface area contributed by atoms with E-state index in [2.05, 4.69) is 54.6 Å². The minimum absolute atomic E-state index is 0.0487. The lowest BCUT2D eigenvalue weighted by molar-refractivity contribution is -0.117. The van der Waals surface area contributed by atoms with Gasteiger partial charge in [0.05, 0.1) is 17.9 Å². The number of nitrogens with one attached hydrogen (secondary N) is 1. The fourth-order valence-electron chi connectivity index (χ4n) is 3.68. The first kappa shape index (κ1) is 18.6. The molecule has 5 heteroatoms. The average molecular weight is 354 g/mol. The highest BCUT2D eigenvalue weighted by Gasteiger charge is 2.24. The maximum atomic E-state index is 12.5. The third-order valence-corrected chi connectivity index (χ3v) is 5.11. The number of anilines is 1. The Morgan fingerprint density at radius 3 is 2.81 bits per heavy atom. The molecule has 0 bridgehead atoms. The molecule has 0 saturated carbocycles. The highest BCUT2D eigenvalue weighted by atomic mass is 16.2. The topological polar surface area (TPSA) is 50.2 Å². The van der Waals surface area contributed by atoms with Gasteiger partial charge in [0.1, 0.15) is 5.82 Å². The van der Waals surface area contributed by atoms with E-state index in [0.717, 1.165) is 44.0 Å². The van der Waals surface area contributed by atoms with Crippen LogP contribution in [0.4, 0.5) is 5.69 Å². The van der Waals surface area contributed by atoms with E-state index in [1.54, 1.807) is 0 Å². The molecule has 0 radical (unpaired) electrons. The van der Waals surface area contributed by atoms with Crippen LogP contribution in [0.5, 0.6) is 0 Å². The van der Waals surface area contributed by atoms with Crippen LogP contribution in [0.25, 0.3) is 0 Å². The summed E-state index contributed by atoms with van der Waals surface area (Å²) >= 11 is 0. The van der Waals surface area contributed by atoms with Crippen molar-refractivity contribution in [2.24, 2.45) is 0 Å². The van der Waals surface area contributed by atoms with Crippen molar-refractivity contribution in [3.8, 4) is 0 Å². The molecule has 1 aromatic heterocycles. The molecule has 0 saturated heterocycles. The molecular weight excluding hydrogens is 324 g/mol. The largest absolute Gasteiger partial charge is 0.331 e. The first-order valence-corrected chi connectivity index (χ1v) is 9.71. The van der Waals surface area contributed by atoms with E-state index in [1.165, 1.54) is 17.0 Å². The minimum atomic E-state index is 0.0487. The van der Waals surface area contributed by atoms with Crippen LogP contribution in [0, 0.1) is 0 Å². The van der Waals surface area contributed by atoms with Gasteiger partial charge in [0, 0.05) is 38.2 Å². The molecule has 5 nitrogen and oxygen atoms in total. The molecule has 2 heterocycles. The third kappa shape index (κ3) is 3.98. The lowest BCUT2D eigenvalue weighted by atomic mass is 10.0. The standard InChI is InChI=1S/C21H30N4O/c1-5-20-23-18-10-11-24(13-19(18)25(20)6-2)14-21(26)22-17-9-7-8-16(12-17)15(3)4/h7-9,12,15H,5-6,10-11,13-14H2,1-4H3,(H,22,26). The van der Waals surface area contributed by atoms with Crippen LogP contribution < -0.4 is 5.32 Å². The van der Waals surface area contributed by atoms with E-state index < -0.39 is 0 Å². The number of benzene rings is 1. The van der Waals surface area contributed by atoms with Crippen molar-refractivity contribution < 1.29 is 4.79 Å². The van der Waals surface area contributed by atoms with Gasteiger partial charge < -0.3 is 9.88 Å². The Morgan fingerprint density at radius 2 is 2.12 bits per heavy atom. The number of aryl methyl sites for hydroxylation is 1. The second-order valence-corrected chi connectivity index (χ2v) is 7.31. The SMILES string of the molecule is CCc1nc2c(n1CC)CN(CC(=O)Nc1cccc(C(C)C)c1)CC2. The molecule has 1 aromatic carbocycles. The van der Waals surface area contributed by atoms with E-state index in [1.807, 2.05) is 12.1 Å². The molecule has 1 amide bonds. The molecule has 0 unspecified atom stereocenters. The van der Waals surface area contributed by atoms with E-state index in [0.29, 0.717) is 12.5 Å². The van der Waals surface area contributed by atoms with Gasteiger partial charge in [-0.25, -0.2) is 4.98 Å². The average Bonchev–Trinajstić information content (AvgIpc) is 2.98. The van der Waals surface area contributed by atoms with Crippen molar-refractivity contribution >= 4 is 11.6 Å². The second-order valence-electron chi connectivity index (χ2n) is 7.31. The first-order chi connectivity index (χ1) is 12.5.